The van der Waals surface area contributed by atoms with Crippen LogP contribution in [0.25, 0.3) is 11.0 Å². The van der Waals surface area contributed by atoms with Crippen LogP contribution in [0.5, 0.6) is 5.75 Å². The molecule has 1 aromatic heterocycles. The number of fused-ring (bicyclic) bond motifs is 1. The van der Waals surface area contributed by atoms with E-state index < -0.39 is 11.7 Å². The molecule has 1 heterocycles. The monoisotopic (exact) mass is 345 g/mol. The van der Waals surface area contributed by atoms with Crippen LogP contribution in [0.3, 0.4) is 0 Å². The van der Waals surface area contributed by atoms with Crippen molar-refractivity contribution in [2.45, 2.75) is 13.8 Å². The lowest BCUT2D eigenvalue weighted by atomic mass is 10.1. The van der Waals surface area contributed by atoms with Crippen LogP contribution in [0, 0.1) is 19.7 Å². The predicted molar refractivity (Wildman–Crippen MR) is 90.0 cm³/mol. The zero-order chi connectivity index (χ0) is 17.4. The van der Waals surface area contributed by atoms with E-state index >= 15 is 0 Å². The number of phenolic OH excluding ortho intramolecular Hbond substituents is 1. The molecule has 1 amide bonds. The zero-order valence-electron chi connectivity index (χ0n) is 12.9. The molecule has 24 heavy (non-hydrogen) atoms. The summed E-state index contributed by atoms with van der Waals surface area (Å²) in [6.45, 7) is 3.52. The molecule has 0 fully saturated rings. The minimum Gasteiger partial charge on any atom is -0.506 e. The third-order valence-electron chi connectivity index (χ3n) is 3.60. The molecule has 0 bridgehead atoms. The molecule has 0 atom stereocenters. The molecule has 0 saturated heterocycles. The minimum absolute atomic E-state index is 0.0278. The van der Waals surface area contributed by atoms with Crippen LogP contribution < -0.4 is 5.32 Å². The number of aromatic hydroxyl groups is 1. The van der Waals surface area contributed by atoms with Crippen molar-refractivity contribution >= 4 is 34.2 Å². The summed E-state index contributed by atoms with van der Waals surface area (Å²) in [5.41, 5.74) is 2.04. The third kappa shape index (κ3) is 3.00. The fourth-order valence-corrected chi connectivity index (χ4v) is 2.44. The molecule has 0 unspecified atom stereocenters. The van der Waals surface area contributed by atoms with Crippen LogP contribution >= 0.6 is 11.6 Å². The topological polar surface area (TPSA) is 75.1 Å². The second kappa shape index (κ2) is 6.05. The molecule has 0 radical (unpaired) electrons. The number of carbonyl (C=O) groups excluding carboxylic acids is 1. The van der Waals surface area contributed by atoms with Crippen molar-refractivity contribution in [1.82, 2.24) is 9.97 Å². The number of aryl methyl sites for hydroxylation is 2. The predicted octanol–water partition coefficient (Wildman–Crippen LogP) is 4.00. The van der Waals surface area contributed by atoms with Gasteiger partial charge in [0, 0.05) is 11.1 Å². The highest BCUT2D eigenvalue weighted by Crippen LogP contribution is 2.28. The lowest BCUT2D eigenvalue weighted by Crippen LogP contribution is -2.14. The number of phenols is 1. The molecule has 2 aromatic carbocycles. The van der Waals surface area contributed by atoms with Gasteiger partial charge in [-0.3, -0.25) is 4.79 Å². The van der Waals surface area contributed by atoms with Crippen LogP contribution in [0.4, 0.5) is 10.1 Å². The summed E-state index contributed by atoms with van der Waals surface area (Å²) in [6, 6.07) is 6.55. The molecule has 122 valence electrons. The van der Waals surface area contributed by atoms with E-state index in [9.17, 15) is 14.3 Å². The van der Waals surface area contributed by atoms with E-state index in [0.29, 0.717) is 27.4 Å². The van der Waals surface area contributed by atoms with Gasteiger partial charge in [0.25, 0.3) is 5.91 Å². The van der Waals surface area contributed by atoms with Crippen molar-refractivity contribution < 1.29 is 14.3 Å². The fraction of sp³-hybridized carbons (Fsp3) is 0.118. The van der Waals surface area contributed by atoms with Crippen molar-refractivity contribution in [2.75, 3.05) is 5.32 Å². The SMILES string of the molecule is Cc1nc2cc(F)cc(C(=O)Nc3cc(Cl)ccc3O)c2nc1C. The summed E-state index contributed by atoms with van der Waals surface area (Å²) in [7, 11) is 0. The molecule has 0 saturated carbocycles. The van der Waals surface area contributed by atoms with Gasteiger partial charge in [-0.05, 0) is 38.1 Å². The van der Waals surface area contributed by atoms with E-state index in [-0.39, 0.29) is 17.0 Å². The van der Waals surface area contributed by atoms with Gasteiger partial charge in [-0.15, -0.1) is 0 Å². The Morgan fingerprint density at radius 1 is 1.17 bits per heavy atom. The largest absolute Gasteiger partial charge is 0.506 e. The van der Waals surface area contributed by atoms with Crippen LogP contribution in [0.2, 0.25) is 5.02 Å². The average molecular weight is 346 g/mol. The summed E-state index contributed by atoms with van der Waals surface area (Å²) in [5, 5.41) is 12.7. The second-order valence-electron chi connectivity index (χ2n) is 5.33. The highest BCUT2D eigenvalue weighted by molar-refractivity contribution is 6.31. The first-order chi connectivity index (χ1) is 11.3. The first-order valence-corrected chi connectivity index (χ1v) is 7.47. The van der Waals surface area contributed by atoms with Crippen molar-refractivity contribution in [3.05, 3.63) is 58.1 Å². The molecule has 3 aromatic rings. The van der Waals surface area contributed by atoms with E-state index in [1.807, 2.05) is 0 Å². The van der Waals surface area contributed by atoms with Crippen molar-refractivity contribution in [3.63, 3.8) is 0 Å². The number of carbonyl (C=O) groups is 1. The minimum atomic E-state index is -0.616. The Kier molecular flexibility index (Phi) is 4.07. The van der Waals surface area contributed by atoms with Gasteiger partial charge in [-0.25, -0.2) is 14.4 Å². The molecule has 7 heteroatoms. The van der Waals surface area contributed by atoms with Crippen LogP contribution in [0.1, 0.15) is 21.7 Å². The number of amides is 1. The van der Waals surface area contributed by atoms with Crippen molar-refractivity contribution in [3.8, 4) is 5.75 Å². The number of nitrogens with one attached hydrogen (secondary N) is 1. The maximum atomic E-state index is 13.9. The molecule has 2 N–H and O–H groups in total. The van der Waals surface area contributed by atoms with Crippen LogP contribution in [0.15, 0.2) is 30.3 Å². The Bertz CT molecular complexity index is 976. The Hall–Kier alpha value is -2.73. The number of hydrogen-bond donors (Lipinski definition) is 2. The highest BCUT2D eigenvalue weighted by atomic mass is 35.5. The number of nitrogens with zero attached hydrogens (tertiary/aromatic N) is 2. The highest BCUT2D eigenvalue weighted by Gasteiger charge is 2.17. The first kappa shape index (κ1) is 16.1. The molecule has 0 aliphatic rings. The summed E-state index contributed by atoms with van der Waals surface area (Å²) in [6.07, 6.45) is 0. The van der Waals surface area contributed by atoms with Gasteiger partial charge in [0.05, 0.1) is 28.2 Å². The maximum Gasteiger partial charge on any atom is 0.258 e. The van der Waals surface area contributed by atoms with Crippen molar-refractivity contribution in [1.29, 1.82) is 0 Å². The molecule has 0 spiro atoms. The van der Waals surface area contributed by atoms with E-state index in [2.05, 4.69) is 15.3 Å². The van der Waals surface area contributed by atoms with Gasteiger partial charge in [0.2, 0.25) is 0 Å². The summed E-state index contributed by atoms with van der Waals surface area (Å²) in [4.78, 5) is 21.1. The smallest absolute Gasteiger partial charge is 0.258 e. The van der Waals surface area contributed by atoms with E-state index in [0.717, 1.165) is 6.07 Å². The lowest BCUT2D eigenvalue weighted by Gasteiger charge is -2.10. The molecular formula is C17H13ClFN3O2. The zero-order valence-corrected chi connectivity index (χ0v) is 13.6. The maximum absolute atomic E-state index is 13.9. The lowest BCUT2D eigenvalue weighted by molar-refractivity contribution is 0.102. The van der Waals surface area contributed by atoms with Gasteiger partial charge in [0.15, 0.2) is 0 Å². The average Bonchev–Trinajstić information content (AvgIpc) is 2.51. The summed E-state index contributed by atoms with van der Waals surface area (Å²) >= 11 is 5.86. The van der Waals surface area contributed by atoms with Gasteiger partial charge in [0.1, 0.15) is 17.1 Å². The van der Waals surface area contributed by atoms with E-state index in [1.54, 1.807) is 13.8 Å². The molecular weight excluding hydrogens is 333 g/mol. The standard InChI is InChI=1S/C17H13ClFN3O2/c1-8-9(2)21-16-12(6-11(19)7-14(16)20-8)17(24)22-13-5-10(18)3-4-15(13)23/h3-7,23H,1-2H3,(H,22,24). The Morgan fingerprint density at radius 2 is 1.88 bits per heavy atom. The second-order valence-corrected chi connectivity index (χ2v) is 5.77. The van der Waals surface area contributed by atoms with Crippen LogP contribution in [-0.4, -0.2) is 21.0 Å². The van der Waals surface area contributed by atoms with Gasteiger partial charge in [-0.1, -0.05) is 11.6 Å². The third-order valence-corrected chi connectivity index (χ3v) is 3.83. The van der Waals surface area contributed by atoms with Crippen molar-refractivity contribution in [2.24, 2.45) is 0 Å². The summed E-state index contributed by atoms with van der Waals surface area (Å²) < 4.78 is 13.9. The normalized spacial score (nSPS) is 10.8. The Balaban J connectivity index is 2.09. The number of anilines is 1. The fourth-order valence-electron chi connectivity index (χ4n) is 2.27. The van der Waals surface area contributed by atoms with Gasteiger partial charge < -0.3 is 10.4 Å². The quantitative estimate of drug-likeness (QED) is 0.688. The Labute approximate surface area is 142 Å². The van der Waals surface area contributed by atoms with E-state index in [4.69, 9.17) is 11.6 Å². The van der Waals surface area contributed by atoms with Gasteiger partial charge in [-0.2, -0.15) is 0 Å². The molecule has 0 aliphatic heterocycles. The van der Waals surface area contributed by atoms with Crippen LogP contribution in [-0.2, 0) is 0 Å². The molecule has 3 rings (SSSR count). The number of halogens is 2. The Morgan fingerprint density at radius 3 is 2.62 bits per heavy atom. The molecule has 0 aliphatic carbocycles. The molecule has 5 nitrogen and oxygen atoms in total. The summed E-state index contributed by atoms with van der Waals surface area (Å²) in [5.74, 6) is -1.36. The number of hydrogen-bond acceptors (Lipinski definition) is 4. The number of aromatic nitrogens is 2. The number of benzene rings is 2. The van der Waals surface area contributed by atoms with E-state index in [1.165, 1.54) is 24.3 Å². The van der Waals surface area contributed by atoms with Gasteiger partial charge >= 0.3 is 0 Å². The first-order valence-electron chi connectivity index (χ1n) is 7.09. The number of rotatable bonds is 2.